The zero-order valence-electron chi connectivity index (χ0n) is 35.1. The molecular formula is C62H42N2. The number of benzene rings is 11. The van der Waals surface area contributed by atoms with Crippen LogP contribution in [-0.4, -0.2) is 4.57 Å². The molecule has 0 bridgehead atoms. The summed E-state index contributed by atoms with van der Waals surface area (Å²) in [5.74, 6) is 0. The number of hydrogen-bond acceptors (Lipinski definition) is 1. The summed E-state index contributed by atoms with van der Waals surface area (Å²) in [5.41, 5.74) is 16.1. The van der Waals surface area contributed by atoms with Gasteiger partial charge in [0.1, 0.15) is 0 Å². The Morgan fingerprint density at radius 2 is 0.750 bits per heavy atom. The Bertz CT molecular complexity index is 3610. The SMILES string of the molecule is c1ccc(-c2ccccc2N(c2ccc(-c3ccccc3-n3c4ccccc4c4ccccc43)cc2)c2cc(-c3cc4ccccc4c4ccccc34)ccc2-c2ccccc2)cc1. The molecular weight excluding hydrogens is 773 g/mol. The van der Waals surface area contributed by atoms with Gasteiger partial charge in [-0.05, 0) is 97.9 Å². The van der Waals surface area contributed by atoms with E-state index in [1.807, 2.05) is 0 Å². The van der Waals surface area contributed by atoms with Gasteiger partial charge in [0.25, 0.3) is 0 Å². The first-order valence-electron chi connectivity index (χ1n) is 22.0. The maximum Gasteiger partial charge on any atom is 0.0546 e. The first-order chi connectivity index (χ1) is 31.8. The van der Waals surface area contributed by atoms with Crippen molar-refractivity contribution in [2.75, 3.05) is 4.90 Å². The van der Waals surface area contributed by atoms with E-state index in [4.69, 9.17) is 0 Å². The Kier molecular flexibility index (Phi) is 9.20. The Morgan fingerprint density at radius 1 is 0.266 bits per heavy atom. The normalized spacial score (nSPS) is 11.4. The molecule has 0 spiro atoms. The van der Waals surface area contributed by atoms with Crippen LogP contribution in [0.15, 0.2) is 255 Å². The largest absolute Gasteiger partial charge is 0.309 e. The average Bonchev–Trinajstić information content (AvgIpc) is 3.71. The highest BCUT2D eigenvalue weighted by atomic mass is 15.1. The van der Waals surface area contributed by atoms with Crippen LogP contribution in [0.3, 0.4) is 0 Å². The molecule has 0 aliphatic carbocycles. The Labute approximate surface area is 373 Å². The highest BCUT2D eigenvalue weighted by molar-refractivity contribution is 6.14. The molecule has 12 rings (SSSR count). The van der Waals surface area contributed by atoms with E-state index < -0.39 is 0 Å². The zero-order valence-corrected chi connectivity index (χ0v) is 35.1. The van der Waals surface area contributed by atoms with Crippen LogP contribution in [0.4, 0.5) is 17.1 Å². The lowest BCUT2D eigenvalue weighted by Gasteiger charge is -2.31. The molecule has 12 aromatic rings. The Balaban J connectivity index is 1.08. The molecule has 2 heteroatoms. The second-order valence-corrected chi connectivity index (χ2v) is 16.4. The fourth-order valence-corrected chi connectivity index (χ4v) is 9.86. The van der Waals surface area contributed by atoms with Gasteiger partial charge in [-0.2, -0.15) is 0 Å². The van der Waals surface area contributed by atoms with Crippen LogP contribution in [0.2, 0.25) is 0 Å². The summed E-state index contributed by atoms with van der Waals surface area (Å²) in [6.45, 7) is 0. The van der Waals surface area contributed by atoms with Crippen LogP contribution in [0.5, 0.6) is 0 Å². The molecule has 1 heterocycles. The third-order valence-electron chi connectivity index (χ3n) is 12.8. The number of aromatic nitrogens is 1. The zero-order chi connectivity index (χ0) is 42.4. The van der Waals surface area contributed by atoms with Gasteiger partial charge in [0.15, 0.2) is 0 Å². The smallest absolute Gasteiger partial charge is 0.0546 e. The van der Waals surface area contributed by atoms with Crippen LogP contribution in [-0.2, 0) is 0 Å². The third kappa shape index (κ3) is 6.35. The summed E-state index contributed by atoms with van der Waals surface area (Å²) in [6.07, 6.45) is 0. The van der Waals surface area contributed by atoms with Crippen LogP contribution in [0, 0.1) is 0 Å². The minimum atomic E-state index is 1.07. The molecule has 1 aromatic heterocycles. The molecule has 0 aliphatic rings. The van der Waals surface area contributed by atoms with Gasteiger partial charge in [-0.25, -0.2) is 0 Å². The summed E-state index contributed by atoms with van der Waals surface area (Å²) in [6, 6.07) is 92.8. The van der Waals surface area contributed by atoms with Crippen LogP contribution >= 0.6 is 0 Å². The topological polar surface area (TPSA) is 8.17 Å². The summed E-state index contributed by atoms with van der Waals surface area (Å²) in [4.78, 5) is 2.47. The molecule has 64 heavy (non-hydrogen) atoms. The van der Waals surface area contributed by atoms with Gasteiger partial charge in [0, 0.05) is 33.2 Å². The van der Waals surface area contributed by atoms with Crippen LogP contribution in [0.1, 0.15) is 0 Å². The number of fused-ring (bicyclic) bond motifs is 6. The van der Waals surface area contributed by atoms with Gasteiger partial charge >= 0.3 is 0 Å². The van der Waals surface area contributed by atoms with Crippen molar-refractivity contribution in [3.63, 3.8) is 0 Å². The molecule has 0 saturated carbocycles. The summed E-state index contributed by atoms with van der Waals surface area (Å²) < 4.78 is 2.42. The van der Waals surface area contributed by atoms with Crippen molar-refractivity contribution < 1.29 is 0 Å². The average molecular weight is 815 g/mol. The van der Waals surface area contributed by atoms with Gasteiger partial charge in [-0.15, -0.1) is 0 Å². The molecule has 300 valence electrons. The van der Waals surface area contributed by atoms with Gasteiger partial charge in [0.2, 0.25) is 0 Å². The Hall–Kier alpha value is -8.46. The molecule has 0 N–H and O–H groups in total. The maximum atomic E-state index is 2.47. The summed E-state index contributed by atoms with van der Waals surface area (Å²) in [7, 11) is 0. The molecule has 0 amide bonds. The van der Waals surface area contributed by atoms with Crippen molar-refractivity contribution in [1.29, 1.82) is 0 Å². The van der Waals surface area contributed by atoms with E-state index in [2.05, 4.69) is 264 Å². The highest BCUT2D eigenvalue weighted by Gasteiger charge is 2.23. The van der Waals surface area contributed by atoms with Gasteiger partial charge in [-0.3, -0.25) is 0 Å². The van der Waals surface area contributed by atoms with Crippen molar-refractivity contribution >= 4 is 60.4 Å². The minimum absolute atomic E-state index is 1.07. The Morgan fingerprint density at radius 3 is 1.44 bits per heavy atom. The summed E-state index contributed by atoms with van der Waals surface area (Å²) in [5, 5.41) is 7.50. The molecule has 0 saturated heterocycles. The fourth-order valence-electron chi connectivity index (χ4n) is 9.86. The second-order valence-electron chi connectivity index (χ2n) is 16.4. The number of hydrogen-bond donors (Lipinski definition) is 0. The second kappa shape index (κ2) is 15.8. The molecule has 2 nitrogen and oxygen atoms in total. The van der Waals surface area contributed by atoms with E-state index in [1.165, 1.54) is 54.5 Å². The predicted molar refractivity (Wildman–Crippen MR) is 272 cm³/mol. The summed E-state index contributed by atoms with van der Waals surface area (Å²) >= 11 is 0. The first kappa shape index (κ1) is 37.3. The molecule has 0 radical (unpaired) electrons. The van der Waals surface area contributed by atoms with Crippen molar-refractivity contribution in [2.24, 2.45) is 0 Å². The lowest BCUT2D eigenvalue weighted by Crippen LogP contribution is -2.12. The molecule has 0 atom stereocenters. The third-order valence-corrected chi connectivity index (χ3v) is 12.8. The van der Waals surface area contributed by atoms with Crippen molar-refractivity contribution in [3.8, 4) is 50.2 Å². The van der Waals surface area contributed by atoms with E-state index in [0.717, 1.165) is 56.1 Å². The van der Waals surface area contributed by atoms with Crippen molar-refractivity contribution in [3.05, 3.63) is 255 Å². The maximum absolute atomic E-state index is 2.47. The quantitative estimate of drug-likeness (QED) is 0.139. The van der Waals surface area contributed by atoms with Crippen molar-refractivity contribution in [2.45, 2.75) is 0 Å². The number of para-hydroxylation sites is 4. The lowest BCUT2D eigenvalue weighted by atomic mass is 9.91. The monoisotopic (exact) mass is 814 g/mol. The fraction of sp³-hybridized carbons (Fsp3) is 0. The van der Waals surface area contributed by atoms with Crippen LogP contribution in [0.25, 0.3) is 93.5 Å². The molecule has 0 fully saturated rings. The molecule has 0 aliphatic heterocycles. The van der Waals surface area contributed by atoms with E-state index >= 15 is 0 Å². The van der Waals surface area contributed by atoms with Crippen LogP contribution < -0.4 is 4.90 Å². The lowest BCUT2D eigenvalue weighted by molar-refractivity contribution is 1.18. The highest BCUT2D eigenvalue weighted by Crippen LogP contribution is 2.48. The first-order valence-corrected chi connectivity index (χ1v) is 22.0. The number of rotatable bonds is 8. The van der Waals surface area contributed by atoms with E-state index in [1.54, 1.807) is 0 Å². The molecule has 11 aromatic carbocycles. The number of anilines is 3. The van der Waals surface area contributed by atoms with Gasteiger partial charge in [-0.1, -0.05) is 206 Å². The van der Waals surface area contributed by atoms with Gasteiger partial charge < -0.3 is 9.47 Å². The number of nitrogens with zero attached hydrogens (tertiary/aromatic N) is 2. The van der Waals surface area contributed by atoms with E-state index in [-0.39, 0.29) is 0 Å². The standard InChI is InChI=1S/C62H42N2/c1-3-19-43(20-4-1)50-25-11-15-31-58(50)63(48-38-35-45(36-39-48)51-26-12-16-32-59(51)64-60-33-17-13-29-55(60)56-30-14-18-34-61(56)64)62-42-47(37-40-52(62)44-21-5-2-6-22-44)57-41-46-23-7-8-24-49(46)53-27-9-10-28-54(53)57/h1-42H. The van der Waals surface area contributed by atoms with Gasteiger partial charge in [0.05, 0.1) is 28.1 Å². The predicted octanol–water partition coefficient (Wildman–Crippen LogP) is 17.2. The van der Waals surface area contributed by atoms with Crippen molar-refractivity contribution in [1.82, 2.24) is 4.57 Å². The van der Waals surface area contributed by atoms with E-state index in [9.17, 15) is 0 Å². The van der Waals surface area contributed by atoms with E-state index in [0.29, 0.717) is 0 Å². The minimum Gasteiger partial charge on any atom is -0.309 e. The molecule has 0 unspecified atom stereocenters.